The van der Waals surface area contributed by atoms with Gasteiger partial charge in [-0.05, 0) is 47.5 Å². The summed E-state index contributed by atoms with van der Waals surface area (Å²) in [4.78, 5) is 48.8. The maximum Gasteiger partial charge on any atom is 0.344 e. The molecule has 0 unspecified atom stereocenters. The van der Waals surface area contributed by atoms with Gasteiger partial charge in [0.25, 0.3) is 0 Å². The molecular formula is C28H25Cl4NO6. The first kappa shape index (κ1) is 30.7. The van der Waals surface area contributed by atoms with E-state index in [0.717, 1.165) is 0 Å². The van der Waals surface area contributed by atoms with Crippen LogP contribution >= 0.6 is 46.4 Å². The van der Waals surface area contributed by atoms with Crippen LogP contribution in [0.1, 0.15) is 31.9 Å². The van der Waals surface area contributed by atoms with Crippen molar-refractivity contribution in [3.8, 4) is 11.5 Å². The van der Waals surface area contributed by atoms with E-state index in [2.05, 4.69) is 0 Å². The summed E-state index contributed by atoms with van der Waals surface area (Å²) in [5.41, 5.74) is 1.51. The average molecular weight is 613 g/mol. The highest BCUT2D eigenvalue weighted by Gasteiger charge is 2.34. The molecule has 0 N–H and O–H groups in total. The zero-order valence-corrected chi connectivity index (χ0v) is 24.3. The summed E-state index contributed by atoms with van der Waals surface area (Å²) >= 11 is 22.1. The van der Waals surface area contributed by atoms with Crippen LogP contribution in [0.4, 0.5) is 0 Å². The fourth-order valence-electron chi connectivity index (χ4n) is 3.65. The minimum Gasteiger partial charge on any atom is -0.425 e. The van der Waals surface area contributed by atoms with Gasteiger partial charge < -0.3 is 14.4 Å². The van der Waals surface area contributed by atoms with Crippen LogP contribution in [0.25, 0.3) is 12.2 Å². The molecule has 0 saturated carbocycles. The number of carbonyl (C=O) groups excluding carboxylic acids is 4. The molecule has 0 atom stereocenters. The van der Waals surface area contributed by atoms with Crippen LogP contribution in [0.5, 0.6) is 11.5 Å². The number of halogens is 4. The number of hydrogen-bond donors (Lipinski definition) is 0. The summed E-state index contributed by atoms with van der Waals surface area (Å²) < 4.78 is 10.1. The Hall–Kier alpha value is -2.84. The zero-order valence-electron chi connectivity index (χ0n) is 21.3. The number of likely N-dealkylation sites (tertiary alicyclic amines) is 1. The number of alkyl halides is 4. The van der Waals surface area contributed by atoms with Gasteiger partial charge in [-0.2, -0.15) is 0 Å². The minimum atomic E-state index is -1.31. The molecule has 0 aliphatic carbocycles. The number of ketones is 1. The monoisotopic (exact) mass is 611 g/mol. The van der Waals surface area contributed by atoms with Crippen LogP contribution in [0.2, 0.25) is 0 Å². The van der Waals surface area contributed by atoms with Gasteiger partial charge in [0.05, 0.1) is 0 Å². The maximum absolute atomic E-state index is 13.5. The maximum atomic E-state index is 13.5. The van der Waals surface area contributed by atoms with Crippen molar-refractivity contribution in [2.45, 2.75) is 30.4 Å². The lowest BCUT2D eigenvalue weighted by atomic mass is 9.90. The van der Waals surface area contributed by atoms with Crippen molar-refractivity contribution in [2.24, 2.45) is 5.41 Å². The predicted octanol–water partition coefficient (Wildman–Crippen LogP) is 6.03. The molecule has 1 amide bonds. The molecule has 1 saturated heterocycles. The number of Topliss-reactive ketones (excluding diaryl/α,β-unsaturated/α-hetero) is 1. The molecule has 0 aromatic heterocycles. The normalized spacial score (nSPS) is 16.2. The first-order valence-electron chi connectivity index (χ1n) is 11.7. The standard InChI is InChI=1S/C28H25Cl4NO6/c1-28(2,3)27(37)33-14-18(12-16-4-8-20(9-5-16)38-25(35)23(29)30)22(34)19(15-33)13-17-6-10-21(11-7-17)39-26(36)24(31)32/h4-13,23-24H,14-15H2,1-3H3/b18-12+,19-13+. The highest BCUT2D eigenvalue weighted by atomic mass is 35.5. The SMILES string of the molecule is CC(C)(C)C(=O)N1C/C(=C\c2ccc(OC(=O)C(Cl)Cl)cc2)C(=O)/C(=C/c2ccc(OC(=O)C(Cl)Cl)cc2)C1. The molecule has 1 aliphatic rings. The molecule has 39 heavy (non-hydrogen) atoms. The van der Waals surface area contributed by atoms with Gasteiger partial charge in [-0.25, -0.2) is 9.59 Å². The first-order valence-corrected chi connectivity index (χ1v) is 13.4. The van der Waals surface area contributed by atoms with E-state index in [9.17, 15) is 19.2 Å². The van der Waals surface area contributed by atoms with Crippen LogP contribution in [-0.2, 0) is 19.2 Å². The molecule has 0 radical (unpaired) electrons. The number of amides is 1. The van der Waals surface area contributed by atoms with Gasteiger partial charge in [0.2, 0.25) is 15.6 Å². The Morgan fingerprint density at radius 3 is 1.41 bits per heavy atom. The van der Waals surface area contributed by atoms with E-state index in [0.29, 0.717) is 22.3 Å². The van der Waals surface area contributed by atoms with E-state index in [1.807, 2.05) is 20.8 Å². The lowest BCUT2D eigenvalue weighted by Gasteiger charge is -2.34. The number of hydrogen-bond acceptors (Lipinski definition) is 6. The van der Waals surface area contributed by atoms with E-state index in [-0.39, 0.29) is 36.3 Å². The average Bonchev–Trinajstić information content (AvgIpc) is 2.87. The molecule has 1 aliphatic heterocycles. The van der Waals surface area contributed by atoms with Crippen LogP contribution in [0.15, 0.2) is 59.7 Å². The Balaban J connectivity index is 1.90. The van der Waals surface area contributed by atoms with E-state index in [1.165, 1.54) is 0 Å². The number of rotatable bonds is 6. The van der Waals surface area contributed by atoms with Crippen molar-refractivity contribution in [3.05, 3.63) is 70.8 Å². The number of ether oxygens (including phenoxy) is 2. The molecule has 3 rings (SSSR count). The van der Waals surface area contributed by atoms with E-state index < -0.39 is 27.0 Å². The number of piperidine rings is 1. The summed E-state index contributed by atoms with van der Waals surface area (Å²) in [6, 6.07) is 12.9. The van der Waals surface area contributed by atoms with Crippen molar-refractivity contribution in [2.75, 3.05) is 13.1 Å². The van der Waals surface area contributed by atoms with Crippen LogP contribution in [0.3, 0.4) is 0 Å². The second-order valence-corrected chi connectivity index (χ2v) is 11.9. The molecule has 11 heteroatoms. The van der Waals surface area contributed by atoms with Gasteiger partial charge in [0.1, 0.15) is 11.5 Å². The predicted molar refractivity (Wildman–Crippen MR) is 152 cm³/mol. The zero-order chi connectivity index (χ0) is 28.9. The largest absolute Gasteiger partial charge is 0.425 e. The molecule has 0 spiro atoms. The van der Waals surface area contributed by atoms with Gasteiger partial charge >= 0.3 is 11.9 Å². The molecule has 206 valence electrons. The number of carbonyl (C=O) groups is 4. The Labute approximate surface area is 246 Å². The molecule has 1 heterocycles. The van der Waals surface area contributed by atoms with Gasteiger partial charge in [-0.15, -0.1) is 0 Å². The van der Waals surface area contributed by atoms with Gasteiger partial charge in [-0.1, -0.05) is 91.4 Å². The fraction of sp³-hybridized carbons (Fsp3) is 0.286. The lowest BCUT2D eigenvalue weighted by molar-refractivity contribution is -0.139. The first-order chi connectivity index (χ1) is 18.2. The number of benzene rings is 2. The molecule has 7 nitrogen and oxygen atoms in total. The third-order valence-electron chi connectivity index (χ3n) is 5.47. The molecule has 1 fully saturated rings. The topological polar surface area (TPSA) is 90.0 Å². The Morgan fingerprint density at radius 2 is 1.10 bits per heavy atom. The van der Waals surface area contributed by atoms with Gasteiger partial charge in [0.15, 0.2) is 5.78 Å². The summed E-state index contributed by atoms with van der Waals surface area (Å²) in [5, 5.41) is 0. The fourth-order valence-corrected chi connectivity index (χ4v) is 3.82. The summed E-state index contributed by atoms with van der Waals surface area (Å²) in [6.07, 6.45) is 3.38. The van der Waals surface area contributed by atoms with Crippen molar-refractivity contribution in [1.82, 2.24) is 4.90 Å². The number of esters is 2. The van der Waals surface area contributed by atoms with Crippen LogP contribution < -0.4 is 9.47 Å². The Kier molecular flexibility index (Phi) is 10.2. The third-order valence-corrected chi connectivity index (χ3v) is 6.18. The van der Waals surface area contributed by atoms with Crippen molar-refractivity contribution >= 4 is 82.2 Å². The summed E-state index contributed by atoms with van der Waals surface area (Å²) in [7, 11) is 0. The van der Waals surface area contributed by atoms with Crippen molar-refractivity contribution < 1.29 is 28.7 Å². The highest BCUT2D eigenvalue weighted by molar-refractivity contribution is 6.53. The molecule has 2 aromatic carbocycles. The smallest absolute Gasteiger partial charge is 0.344 e. The summed E-state index contributed by atoms with van der Waals surface area (Å²) in [6.45, 7) is 5.72. The summed E-state index contributed by atoms with van der Waals surface area (Å²) in [5.74, 6) is -1.42. The quantitative estimate of drug-likeness (QED) is 0.171. The molecule has 2 aromatic rings. The second-order valence-electron chi connectivity index (χ2n) is 9.66. The van der Waals surface area contributed by atoms with Crippen LogP contribution in [0, 0.1) is 5.41 Å². The minimum absolute atomic E-state index is 0.107. The van der Waals surface area contributed by atoms with E-state index in [1.54, 1.807) is 65.6 Å². The number of nitrogens with zero attached hydrogens (tertiary/aromatic N) is 1. The Bertz CT molecular complexity index is 1220. The Morgan fingerprint density at radius 1 is 0.744 bits per heavy atom. The third kappa shape index (κ3) is 8.57. The molecule has 0 bridgehead atoms. The van der Waals surface area contributed by atoms with Gasteiger partial charge in [0, 0.05) is 29.7 Å². The molecular weight excluding hydrogens is 588 g/mol. The highest BCUT2D eigenvalue weighted by Crippen LogP contribution is 2.27. The lowest BCUT2D eigenvalue weighted by Crippen LogP contribution is -2.46. The van der Waals surface area contributed by atoms with Crippen molar-refractivity contribution in [3.63, 3.8) is 0 Å². The van der Waals surface area contributed by atoms with Crippen LogP contribution in [-0.4, -0.2) is 51.3 Å². The van der Waals surface area contributed by atoms with Crippen molar-refractivity contribution in [1.29, 1.82) is 0 Å². The van der Waals surface area contributed by atoms with Gasteiger partial charge in [-0.3, -0.25) is 9.59 Å². The van der Waals surface area contributed by atoms with E-state index in [4.69, 9.17) is 55.9 Å². The van der Waals surface area contributed by atoms with E-state index >= 15 is 0 Å². The second kappa shape index (κ2) is 13.0.